The molecule has 4 nitrogen and oxygen atoms in total. The standard InChI is InChI=1S/C23H28N2O2S/c26-20(18-3-5-19(6-4-18)21-2-1-7-28-21)14-24-22(27)25-23-11-15-8-16(12-23)10-17(9-15)13-23/h1-7,15-17,20,26H,8-14H2,(H2,24,25,27). The predicted octanol–water partition coefficient (Wildman–Crippen LogP) is 4.72. The molecular formula is C23H28N2O2S. The summed E-state index contributed by atoms with van der Waals surface area (Å²) in [4.78, 5) is 13.8. The maximum atomic E-state index is 12.5. The molecule has 0 radical (unpaired) electrons. The van der Waals surface area contributed by atoms with E-state index in [1.807, 2.05) is 30.3 Å². The van der Waals surface area contributed by atoms with E-state index in [4.69, 9.17) is 0 Å². The van der Waals surface area contributed by atoms with Crippen molar-refractivity contribution in [2.75, 3.05) is 6.54 Å². The molecule has 4 saturated carbocycles. The van der Waals surface area contributed by atoms with E-state index < -0.39 is 6.10 Å². The van der Waals surface area contributed by atoms with Gasteiger partial charge in [0.2, 0.25) is 0 Å². The van der Waals surface area contributed by atoms with Crippen LogP contribution in [0.4, 0.5) is 4.79 Å². The van der Waals surface area contributed by atoms with Crippen LogP contribution >= 0.6 is 11.3 Å². The highest BCUT2D eigenvalue weighted by atomic mass is 32.1. The quantitative estimate of drug-likeness (QED) is 0.685. The summed E-state index contributed by atoms with van der Waals surface area (Å²) >= 11 is 1.70. The van der Waals surface area contributed by atoms with Gasteiger partial charge in [0, 0.05) is 17.0 Å². The summed E-state index contributed by atoms with van der Waals surface area (Å²) in [5.41, 5.74) is 1.99. The smallest absolute Gasteiger partial charge is 0.315 e. The van der Waals surface area contributed by atoms with Gasteiger partial charge in [0.05, 0.1) is 6.10 Å². The molecule has 0 saturated heterocycles. The minimum absolute atomic E-state index is 0.00609. The van der Waals surface area contributed by atoms with Gasteiger partial charge >= 0.3 is 6.03 Å². The van der Waals surface area contributed by atoms with E-state index in [-0.39, 0.29) is 18.1 Å². The Bertz CT molecular complexity index is 796. The largest absolute Gasteiger partial charge is 0.387 e. The number of urea groups is 1. The van der Waals surface area contributed by atoms with Crippen LogP contribution in [0.15, 0.2) is 41.8 Å². The second-order valence-electron chi connectivity index (χ2n) is 9.15. The first-order valence-electron chi connectivity index (χ1n) is 10.5. The Balaban J connectivity index is 1.15. The molecule has 1 heterocycles. The molecule has 2 amide bonds. The summed E-state index contributed by atoms with van der Waals surface area (Å²) in [6.07, 6.45) is 6.81. The summed E-state index contributed by atoms with van der Waals surface area (Å²) < 4.78 is 0. The summed E-state index contributed by atoms with van der Waals surface area (Å²) in [6, 6.07) is 11.9. The fourth-order valence-electron chi connectivity index (χ4n) is 6.17. The SMILES string of the molecule is O=C(NCC(O)c1ccc(-c2cccs2)cc1)NC12CC3CC(CC(C3)C1)C2. The van der Waals surface area contributed by atoms with Crippen LogP contribution in [0.5, 0.6) is 0 Å². The number of aliphatic hydroxyl groups is 1. The molecule has 4 aliphatic carbocycles. The van der Waals surface area contributed by atoms with Gasteiger partial charge in [-0.2, -0.15) is 0 Å². The average Bonchev–Trinajstić information content (AvgIpc) is 3.19. The number of rotatable bonds is 5. The predicted molar refractivity (Wildman–Crippen MR) is 112 cm³/mol. The van der Waals surface area contributed by atoms with Gasteiger partial charge in [-0.3, -0.25) is 0 Å². The van der Waals surface area contributed by atoms with Gasteiger partial charge in [-0.25, -0.2) is 4.79 Å². The first kappa shape index (κ1) is 18.2. The number of nitrogens with one attached hydrogen (secondary N) is 2. The zero-order chi connectivity index (χ0) is 19.1. The Labute approximate surface area is 170 Å². The lowest BCUT2D eigenvalue weighted by Gasteiger charge is -2.56. The Kier molecular flexibility index (Phi) is 4.68. The molecule has 1 aromatic heterocycles. The van der Waals surface area contributed by atoms with Crippen LogP contribution in [-0.2, 0) is 0 Å². The highest BCUT2D eigenvalue weighted by Gasteiger charge is 2.51. The first-order chi connectivity index (χ1) is 13.6. The molecule has 28 heavy (non-hydrogen) atoms. The highest BCUT2D eigenvalue weighted by molar-refractivity contribution is 7.13. The molecule has 1 atom stereocenters. The van der Waals surface area contributed by atoms with E-state index in [9.17, 15) is 9.90 Å². The lowest BCUT2D eigenvalue weighted by Crippen LogP contribution is -2.61. The molecule has 0 spiro atoms. The van der Waals surface area contributed by atoms with Crippen molar-refractivity contribution in [3.8, 4) is 10.4 Å². The molecule has 4 bridgehead atoms. The van der Waals surface area contributed by atoms with Crippen molar-refractivity contribution in [2.24, 2.45) is 17.8 Å². The van der Waals surface area contributed by atoms with E-state index in [0.717, 1.165) is 48.1 Å². The monoisotopic (exact) mass is 396 g/mol. The van der Waals surface area contributed by atoms with Crippen molar-refractivity contribution in [1.82, 2.24) is 10.6 Å². The van der Waals surface area contributed by atoms with Crippen molar-refractivity contribution in [2.45, 2.75) is 50.2 Å². The van der Waals surface area contributed by atoms with Crippen molar-refractivity contribution < 1.29 is 9.90 Å². The minimum atomic E-state index is -0.695. The third kappa shape index (κ3) is 3.58. The molecule has 3 N–H and O–H groups in total. The van der Waals surface area contributed by atoms with E-state index in [1.54, 1.807) is 11.3 Å². The van der Waals surface area contributed by atoms with Crippen molar-refractivity contribution in [3.63, 3.8) is 0 Å². The Morgan fingerprint density at radius 2 is 1.71 bits per heavy atom. The van der Waals surface area contributed by atoms with Gasteiger partial charge in [-0.1, -0.05) is 30.3 Å². The van der Waals surface area contributed by atoms with Crippen LogP contribution in [0.3, 0.4) is 0 Å². The lowest BCUT2D eigenvalue weighted by molar-refractivity contribution is -0.0136. The van der Waals surface area contributed by atoms with E-state index in [0.29, 0.717) is 0 Å². The number of carbonyl (C=O) groups is 1. The van der Waals surface area contributed by atoms with E-state index in [1.165, 1.54) is 24.1 Å². The van der Waals surface area contributed by atoms with Crippen LogP contribution in [0.25, 0.3) is 10.4 Å². The van der Waals surface area contributed by atoms with E-state index in [2.05, 4.69) is 22.1 Å². The Hall–Kier alpha value is -1.85. The zero-order valence-corrected chi connectivity index (χ0v) is 16.9. The molecule has 4 fully saturated rings. The van der Waals surface area contributed by atoms with Crippen LogP contribution < -0.4 is 10.6 Å². The molecule has 148 valence electrons. The first-order valence-corrected chi connectivity index (χ1v) is 11.3. The molecule has 0 aliphatic heterocycles. The lowest BCUT2D eigenvalue weighted by atomic mass is 9.53. The number of carbonyl (C=O) groups excluding carboxylic acids is 1. The van der Waals surface area contributed by atoms with Crippen molar-refractivity contribution in [1.29, 1.82) is 0 Å². The fraction of sp³-hybridized carbons (Fsp3) is 0.522. The second kappa shape index (κ2) is 7.20. The molecule has 2 aromatic rings. The van der Waals surface area contributed by atoms with Crippen molar-refractivity contribution in [3.05, 3.63) is 47.3 Å². The fourth-order valence-corrected chi connectivity index (χ4v) is 6.90. The summed E-state index contributed by atoms with van der Waals surface area (Å²) in [5, 5.41) is 18.7. The molecule has 1 unspecified atom stereocenters. The summed E-state index contributed by atoms with van der Waals surface area (Å²) in [5.74, 6) is 2.41. The number of amides is 2. The van der Waals surface area contributed by atoms with Crippen LogP contribution in [-0.4, -0.2) is 23.2 Å². The average molecular weight is 397 g/mol. The third-order valence-corrected chi connectivity index (χ3v) is 7.89. The number of benzene rings is 1. The molecule has 5 heteroatoms. The number of thiophene rings is 1. The normalized spacial score (nSPS) is 31.5. The van der Waals surface area contributed by atoms with Gasteiger partial charge in [-0.05, 0) is 78.9 Å². The molecule has 6 rings (SSSR count). The second-order valence-corrected chi connectivity index (χ2v) is 10.1. The number of hydrogen-bond acceptors (Lipinski definition) is 3. The van der Waals surface area contributed by atoms with E-state index >= 15 is 0 Å². The highest BCUT2D eigenvalue weighted by Crippen LogP contribution is 2.55. The molecule has 4 aliphatic rings. The Morgan fingerprint density at radius 3 is 2.29 bits per heavy atom. The molecular weight excluding hydrogens is 368 g/mol. The summed E-state index contributed by atoms with van der Waals surface area (Å²) in [6.45, 7) is 0.233. The topological polar surface area (TPSA) is 61.4 Å². The third-order valence-electron chi connectivity index (χ3n) is 6.97. The van der Waals surface area contributed by atoms with Gasteiger partial charge in [-0.15, -0.1) is 11.3 Å². The maximum Gasteiger partial charge on any atom is 0.315 e. The number of aliphatic hydroxyl groups excluding tert-OH is 1. The van der Waals surface area contributed by atoms with Crippen LogP contribution in [0.2, 0.25) is 0 Å². The van der Waals surface area contributed by atoms with Crippen LogP contribution in [0.1, 0.15) is 50.2 Å². The molecule has 1 aromatic carbocycles. The van der Waals surface area contributed by atoms with Gasteiger partial charge in [0.15, 0.2) is 0 Å². The van der Waals surface area contributed by atoms with Gasteiger partial charge in [0.25, 0.3) is 0 Å². The van der Waals surface area contributed by atoms with Crippen LogP contribution in [0, 0.1) is 17.8 Å². The maximum absolute atomic E-state index is 12.5. The Morgan fingerprint density at radius 1 is 1.07 bits per heavy atom. The van der Waals surface area contributed by atoms with Gasteiger partial charge < -0.3 is 15.7 Å². The summed E-state index contributed by atoms with van der Waals surface area (Å²) in [7, 11) is 0. The number of hydrogen-bond donors (Lipinski definition) is 3. The van der Waals surface area contributed by atoms with Gasteiger partial charge in [0.1, 0.15) is 0 Å². The van der Waals surface area contributed by atoms with Crippen molar-refractivity contribution >= 4 is 17.4 Å². The zero-order valence-electron chi connectivity index (χ0n) is 16.1. The minimum Gasteiger partial charge on any atom is -0.387 e.